The number of aryl methyl sites for hydroxylation is 1. The van der Waals surface area contributed by atoms with Gasteiger partial charge in [0.05, 0.1) is 12.0 Å². The first kappa shape index (κ1) is 12.9. The lowest BCUT2D eigenvalue weighted by molar-refractivity contribution is 0.0985. The number of Topliss-reactive ketones (excluding diaryl/α,β-unsaturated/α-hetero) is 1. The fraction of sp³-hybridized carbons (Fsp3) is 0.250. The molecule has 0 radical (unpaired) electrons. The molecule has 0 bridgehead atoms. The molecule has 0 aliphatic heterocycles. The van der Waals surface area contributed by atoms with Crippen LogP contribution in [0.3, 0.4) is 0 Å². The van der Waals surface area contributed by atoms with E-state index in [1.54, 1.807) is 10.7 Å². The highest BCUT2D eigenvalue weighted by molar-refractivity contribution is 9.10. The predicted octanol–water partition coefficient (Wildman–Crippen LogP) is 2.63. The number of ketones is 1. The van der Waals surface area contributed by atoms with Crippen molar-refractivity contribution in [2.24, 2.45) is 0 Å². The van der Waals surface area contributed by atoms with Crippen molar-refractivity contribution in [2.75, 3.05) is 0 Å². The first-order valence-electron chi connectivity index (χ1n) is 5.46. The molecule has 0 aliphatic carbocycles. The predicted molar refractivity (Wildman–Crippen MR) is 67.8 cm³/mol. The third-order valence-corrected chi connectivity index (χ3v) is 3.04. The summed E-state index contributed by atoms with van der Waals surface area (Å²) >= 11 is 3.15. The van der Waals surface area contributed by atoms with Gasteiger partial charge in [0.15, 0.2) is 5.78 Å². The Labute approximate surface area is 112 Å². The Bertz CT molecular complexity index is 582. The van der Waals surface area contributed by atoms with E-state index in [0.717, 1.165) is 0 Å². The van der Waals surface area contributed by atoms with E-state index < -0.39 is 5.82 Å². The number of hydrogen-bond donors (Lipinski definition) is 0. The standard InChI is InChI=1S/C12H11BrFN3O/c1-2-17-12(15-7-16-17)6-11(18)9-4-3-8(13)5-10(9)14/h3-5,7H,2,6H2,1H3. The third kappa shape index (κ3) is 2.64. The first-order chi connectivity index (χ1) is 8.61. The largest absolute Gasteiger partial charge is 0.294 e. The lowest BCUT2D eigenvalue weighted by atomic mass is 10.1. The molecule has 1 aromatic heterocycles. The van der Waals surface area contributed by atoms with Crippen molar-refractivity contribution in [3.8, 4) is 0 Å². The van der Waals surface area contributed by atoms with Crippen LogP contribution in [0.1, 0.15) is 23.1 Å². The fourth-order valence-corrected chi connectivity index (χ4v) is 1.98. The normalized spacial score (nSPS) is 10.6. The van der Waals surface area contributed by atoms with Crippen LogP contribution in [0.25, 0.3) is 0 Å². The van der Waals surface area contributed by atoms with Crippen LogP contribution >= 0.6 is 15.9 Å². The van der Waals surface area contributed by atoms with Gasteiger partial charge >= 0.3 is 0 Å². The van der Waals surface area contributed by atoms with Crippen LogP contribution < -0.4 is 0 Å². The van der Waals surface area contributed by atoms with Crippen LogP contribution in [0, 0.1) is 5.82 Å². The van der Waals surface area contributed by atoms with Crippen molar-refractivity contribution >= 4 is 21.7 Å². The Morgan fingerprint density at radius 2 is 2.28 bits per heavy atom. The second kappa shape index (κ2) is 5.39. The Morgan fingerprint density at radius 3 is 2.94 bits per heavy atom. The molecule has 94 valence electrons. The number of aromatic nitrogens is 3. The van der Waals surface area contributed by atoms with Gasteiger partial charge in [0, 0.05) is 11.0 Å². The van der Waals surface area contributed by atoms with Gasteiger partial charge in [0.1, 0.15) is 18.0 Å². The first-order valence-corrected chi connectivity index (χ1v) is 6.26. The van der Waals surface area contributed by atoms with E-state index in [0.29, 0.717) is 16.8 Å². The molecule has 0 saturated carbocycles. The second-order valence-corrected chi connectivity index (χ2v) is 4.63. The molecular weight excluding hydrogens is 301 g/mol. The molecule has 0 atom stereocenters. The SMILES string of the molecule is CCn1ncnc1CC(=O)c1ccc(Br)cc1F. The maximum absolute atomic E-state index is 13.6. The van der Waals surface area contributed by atoms with E-state index >= 15 is 0 Å². The van der Waals surface area contributed by atoms with Crippen molar-refractivity contribution < 1.29 is 9.18 Å². The lowest BCUT2D eigenvalue weighted by Gasteiger charge is -2.04. The van der Waals surface area contributed by atoms with Crippen LogP contribution in [0.15, 0.2) is 29.0 Å². The van der Waals surface area contributed by atoms with Gasteiger partial charge in [-0.05, 0) is 25.1 Å². The smallest absolute Gasteiger partial charge is 0.173 e. The second-order valence-electron chi connectivity index (χ2n) is 3.72. The highest BCUT2D eigenvalue weighted by Gasteiger charge is 2.15. The summed E-state index contributed by atoms with van der Waals surface area (Å²) in [6, 6.07) is 4.38. The molecule has 0 saturated heterocycles. The van der Waals surface area contributed by atoms with Crippen molar-refractivity contribution in [3.05, 3.63) is 46.2 Å². The van der Waals surface area contributed by atoms with Gasteiger partial charge < -0.3 is 0 Å². The Balaban J connectivity index is 2.22. The number of rotatable bonds is 4. The van der Waals surface area contributed by atoms with E-state index in [1.165, 1.54) is 18.5 Å². The third-order valence-electron chi connectivity index (χ3n) is 2.55. The van der Waals surface area contributed by atoms with E-state index in [-0.39, 0.29) is 17.8 Å². The molecule has 1 aromatic carbocycles. The molecular formula is C12H11BrFN3O. The van der Waals surface area contributed by atoms with Gasteiger partial charge in [-0.1, -0.05) is 15.9 Å². The number of halogens is 2. The molecule has 0 unspecified atom stereocenters. The lowest BCUT2D eigenvalue weighted by Crippen LogP contribution is -2.12. The summed E-state index contributed by atoms with van der Waals surface area (Å²) in [5.74, 6) is -0.288. The summed E-state index contributed by atoms with van der Waals surface area (Å²) in [5.41, 5.74) is 0.0730. The molecule has 0 fully saturated rings. The van der Waals surface area contributed by atoms with Crippen LogP contribution in [0.2, 0.25) is 0 Å². The highest BCUT2D eigenvalue weighted by atomic mass is 79.9. The van der Waals surface area contributed by atoms with Crippen LogP contribution in [0.4, 0.5) is 4.39 Å². The highest BCUT2D eigenvalue weighted by Crippen LogP contribution is 2.16. The zero-order valence-corrected chi connectivity index (χ0v) is 11.3. The van der Waals surface area contributed by atoms with E-state index in [4.69, 9.17) is 0 Å². The molecule has 4 nitrogen and oxygen atoms in total. The summed E-state index contributed by atoms with van der Waals surface area (Å²) in [7, 11) is 0. The summed E-state index contributed by atoms with van der Waals surface area (Å²) < 4.78 is 15.8. The Kier molecular flexibility index (Phi) is 3.86. The monoisotopic (exact) mass is 311 g/mol. The van der Waals surface area contributed by atoms with Crippen molar-refractivity contribution in [2.45, 2.75) is 19.9 Å². The van der Waals surface area contributed by atoms with Crippen LogP contribution in [-0.4, -0.2) is 20.5 Å². The Morgan fingerprint density at radius 1 is 1.50 bits per heavy atom. The van der Waals surface area contributed by atoms with Crippen molar-refractivity contribution in [3.63, 3.8) is 0 Å². The number of nitrogens with zero attached hydrogens (tertiary/aromatic N) is 3. The minimum absolute atomic E-state index is 0.0480. The van der Waals surface area contributed by atoms with Gasteiger partial charge in [-0.3, -0.25) is 4.79 Å². The van der Waals surface area contributed by atoms with E-state index in [9.17, 15) is 9.18 Å². The van der Waals surface area contributed by atoms with Gasteiger partial charge in [-0.25, -0.2) is 14.1 Å². The van der Waals surface area contributed by atoms with Gasteiger partial charge in [0.25, 0.3) is 0 Å². The molecule has 0 spiro atoms. The number of benzene rings is 1. The minimum atomic E-state index is -0.531. The molecule has 0 amide bonds. The van der Waals surface area contributed by atoms with Crippen LogP contribution in [-0.2, 0) is 13.0 Å². The van der Waals surface area contributed by atoms with E-state index in [1.807, 2.05) is 6.92 Å². The maximum atomic E-state index is 13.6. The van der Waals surface area contributed by atoms with Gasteiger partial charge in [-0.15, -0.1) is 0 Å². The molecule has 6 heteroatoms. The molecule has 0 N–H and O–H groups in total. The molecule has 18 heavy (non-hydrogen) atoms. The summed E-state index contributed by atoms with van der Waals surface area (Å²) in [4.78, 5) is 16.0. The topological polar surface area (TPSA) is 47.8 Å². The zero-order valence-electron chi connectivity index (χ0n) is 9.73. The molecule has 1 heterocycles. The molecule has 2 rings (SSSR count). The summed E-state index contributed by atoms with van der Waals surface area (Å²) in [6.07, 6.45) is 1.44. The molecule has 0 aliphatic rings. The van der Waals surface area contributed by atoms with E-state index in [2.05, 4.69) is 26.0 Å². The average molecular weight is 312 g/mol. The van der Waals surface area contributed by atoms with Crippen molar-refractivity contribution in [1.82, 2.24) is 14.8 Å². The quantitative estimate of drug-likeness (QED) is 0.816. The maximum Gasteiger partial charge on any atom is 0.173 e. The van der Waals surface area contributed by atoms with Gasteiger partial charge in [-0.2, -0.15) is 5.10 Å². The van der Waals surface area contributed by atoms with Gasteiger partial charge in [0.2, 0.25) is 0 Å². The zero-order chi connectivity index (χ0) is 13.1. The summed E-state index contributed by atoms with van der Waals surface area (Å²) in [6.45, 7) is 2.54. The minimum Gasteiger partial charge on any atom is -0.294 e. The summed E-state index contributed by atoms with van der Waals surface area (Å²) in [5, 5.41) is 3.97. The van der Waals surface area contributed by atoms with Crippen molar-refractivity contribution in [1.29, 1.82) is 0 Å². The van der Waals surface area contributed by atoms with Crippen LogP contribution in [0.5, 0.6) is 0 Å². The fourth-order valence-electron chi connectivity index (χ4n) is 1.64. The molecule has 2 aromatic rings. The number of hydrogen-bond acceptors (Lipinski definition) is 3. The number of carbonyl (C=O) groups excluding carboxylic acids is 1. The Hall–Kier alpha value is -1.56. The average Bonchev–Trinajstić information content (AvgIpc) is 2.76. The number of carbonyl (C=O) groups is 1.